The molecule has 1 unspecified atom stereocenters. The van der Waals surface area contributed by atoms with Crippen LogP contribution in [0.25, 0.3) is 0 Å². The maximum absolute atomic E-state index is 12.6. The Bertz CT molecular complexity index is 340. The Morgan fingerprint density at radius 3 is 2.57 bits per heavy atom. The summed E-state index contributed by atoms with van der Waals surface area (Å²) in [6.07, 6.45) is 10.5. The third kappa shape index (κ3) is 4.23. The molecule has 3 aliphatic rings. The van der Waals surface area contributed by atoms with E-state index in [4.69, 9.17) is 9.47 Å². The maximum Gasteiger partial charge on any atom is 0.146 e. The number of ether oxygens (including phenoxy) is 2. The minimum atomic E-state index is -0.0493. The van der Waals surface area contributed by atoms with Gasteiger partial charge in [0.05, 0.1) is 11.4 Å². The monoisotopic (exact) mass is 312 g/mol. The second-order valence-electron chi connectivity index (χ2n) is 6.87. The van der Waals surface area contributed by atoms with Gasteiger partial charge in [0.2, 0.25) is 0 Å². The van der Waals surface area contributed by atoms with Crippen molar-refractivity contribution in [3.8, 4) is 0 Å². The number of ketones is 1. The Labute approximate surface area is 132 Å². The highest BCUT2D eigenvalue weighted by atomic mass is 32.2. The van der Waals surface area contributed by atoms with E-state index in [1.54, 1.807) is 0 Å². The molecule has 2 saturated heterocycles. The SMILES string of the molecule is O=C(CSC1CCCCC1)C1CCOC2(CCOCC2)C1. The van der Waals surface area contributed by atoms with Crippen LogP contribution < -0.4 is 0 Å². The molecule has 1 spiro atoms. The van der Waals surface area contributed by atoms with Crippen LogP contribution >= 0.6 is 11.8 Å². The van der Waals surface area contributed by atoms with Crippen molar-refractivity contribution in [3.63, 3.8) is 0 Å². The van der Waals surface area contributed by atoms with Crippen molar-refractivity contribution >= 4 is 17.5 Å². The molecule has 0 N–H and O–H groups in total. The molecular formula is C17H28O3S. The smallest absolute Gasteiger partial charge is 0.146 e. The Hall–Kier alpha value is -0.0600. The summed E-state index contributed by atoms with van der Waals surface area (Å²) < 4.78 is 11.5. The van der Waals surface area contributed by atoms with Crippen LogP contribution in [0.15, 0.2) is 0 Å². The number of carbonyl (C=O) groups excluding carboxylic acids is 1. The van der Waals surface area contributed by atoms with Gasteiger partial charge in [0, 0.05) is 31.0 Å². The number of thioether (sulfide) groups is 1. The van der Waals surface area contributed by atoms with Gasteiger partial charge in [-0.25, -0.2) is 0 Å². The molecule has 3 fully saturated rings. The van der Waals surface area contributed by atoms with E-state index in [0.29, 0.717) is 5.78 Å². The first kappa shape index (κ1) is 15.8. The van der Waals surface area contributed by atoms with Crippen LogP contribution in [0.3, 0.4) is 0 Å². The number of Topliss-reactive ketones (excluding diaryl/α,β-unsaturated/α-hetero) is 1. The maximum atomic E-state index is 12.6. The highest BCUT2D eigenvalue weighted by Gasteiger charge is 2.41. The summed E-state index contributed by atoms with van der Waals surface area (Å²) in [7, 11) is 0. The quantitative estimate of drug-likeness (QED) is 0.794. The fourth-order valence-corrected chi connectivity index (χ4v) is 5.25. The van der Waals surface area contributed by atoms with Gasteiger partial charge < -0.3 is 9.47 Å². The van der Waals surface area contributed by atoms with Crippen molar-refractivity contribution < 1.29 is 14.3 Å². The molecule has 0 radical (unpaired) electrons. The normalized spacial score (nSPS) is 30.4. The van der Waals surface area contributed by atoms with Crippen molar-refractivity contribution in [1.29, 1.82) is 0 Å². The summed E-state index contributed by atoms with van der Waals surface area (Å²) in [6, 6.07) is 0. The van der Waals surface area contributed by atoms with Crippen molar-refractivity contribution in [3.05, 3.63) is 0 Å². The van der Waals surface area contributed by atoms with Crippen molar-refractivity contribution in [2.45, 2.75) is 68.6 Å². The molecule has 0 aromatic carbocycles. The highest BCUT2D eigenvalue weighted by Crippen LogP contribution is 2.38. The van der Waals surface area contributed by atoms with Gasteiger partial charge in [-0.15, -0.1) is 0 Å². The Morgan fingerprint density at radius 1 is 1.05 bits per heavy atom. The van der Waals surface area contributed by atoms with E-state index in [-0.39, 0.29) is 11.5 Å². The van der Waals surface area contributed by atoms with E-state index < -0.39 is 0 Å². The van der Waals surface area contributed by atoms with Crippen molar-refractivity contribution in [1.82, 2.24) is 0 Å². The second-order valence-corrected chi connectivity index (χ2v) is 8.16. The molecule has 3 rings (SSSR count). The summed E-state index contributed by atoms with van der Waals surface area (Å²) in [5.74, 6) is 1.43. The number of hydrogen-bond donors (Lipinski definition) is 0. The largest absolute Gasteiger partial charge is 0.381 e. The Balaban J connectivity index is 1.47. The molecule has 1 atom stereocenters. The van der Waals surface area contributed by atoms with E-state index in [0.717, 1.165) is 56.5 Å². The minimum Gasteiger partial charge on any atom is -0.381 e. The molecule has 0 aromatic heterocycles. The molecule has 21 heavy (non-hydrogen) atoms. The van der Waals surface area contributed by atoms with Gasteiger partial charge in [0.1, 0.15) is 5.78 Å². The van der Waals surface area contributed by atoms with Crippen LogP contribution in [-0.4, -0.2) is 42.2 Å². The fourth-order valence-electron chi connectivity index (χ4n) is 3.94. The van der Waals surface area contributed by atoms with Gasteiger partial charge in [-0.2, -0.15) is 11.8 Å². The molecule has 3 nitrogen and oxygen atoms in total. The molecule has 4 heteroatoms. The van der Waals surface area contributed by atoms with E-state index in [2.05, 4.69) is 0 Å². The van der Waals surface area contributed by atoms with Crippen LogP contribution in [0.4, 0.5) is 0 Å². The van der Waals surface area contributed by atoms with Crippen LogP contribution in [0, 0.1) is 5.92 Å². The van der Waals surface area contributed by atoms with E-state index >= 15 is 0 Å². The van der Waals surface area contributed by atoms with E-state index in [9.17, 15) is 4.79 Å². The summed E-state index contributed by atoms with van der Waals surface area (Å²) >= 11 is 1.92. The first-order valence-electron chi connectivity index (χ1n) is 8.63. The second kappa shape index (κ2) is 7.47. The number of hydrogen-bond acceptors (Lipinski definition) is 4. The van der Waals surface area contributed by atoms with Gasteiger partial charge in [0.15, 0.2) is 0 Å². The average molecular weight is 312 g/mol. The summed E-state index contributed by atoms with van der Waals surface area (Å²) in [6.45, 7) is 2.33. The average Bonchev–Trinajstić information content (AvgIpc) is 2.54. The topological polar surface area (TPSA) is 35.5 Å². The third-order valence-corrected chi connectivity index (χ3v) is 6.76. The van der Waals surface area contributed by atoms with Gasteiger partial charge in [0.25, 0.3) is 0 Å². The summed E-state index contributed by atoms with van der Waals surface area (Å²) in [4.78, 5) is 12.6. The summed E-state index contributed by atoms with van der Waals surface area (Å²) in [5.41, 5.74) is -0.0493. The predicted octanol–water partition coefficient (Wildman–Crippen LogP) is 3.60. The van der Waals surface area contributed by atoms with Crippen LogP contribution in [0.5, 0.6) is 0 Å². The Kier molecular flexibility index (Phi) is 5.63. The molecule has 0 amide bonds. The molecule has 2 aliphatic heterocycles. The van der Waals surface area contributed by atoms with Crippen molar-refractivity contribution in [2.75, 3.05) is 25.6 Å². The lowest BCUT2D eigenvalue weighted by Crippen LogP contribution is -2.46. The molecule has 1 saturated carbocycles. The van der Waals surface area contributed by atoms with Gasteiger partial charge in [-0.05, 0) is 38.5 Å². The van der Waals surface area contributed by atoms with Gasteiger partial charge >= 0.3 is 0 Å². The summed E-state index contributed by atoms with van der Waals surface area (Å²) in [5, 5.41) is 0.736. The zero-order valence-corrected chi connectivity index (χ0v) is 13.8. The molecule has 0 aromatic rings. The number of carbonyl (C=O) groups is 1. The van der Waals surface area contributed by atoms with Gasteiger partial charge in [-0.1, -0.05) is 19.3 Å². The van der Waals surface area contributed by atoms with E-state index in [1.807, 2.05) is 11.8 Å². The van der Waals surface area contributed by atoms with E-state index in [1.165, 1.54) is 32.1 Å². The van der Waals surface area contributed by atoms with Gasteiger partial charge in [-0.3, -0.25) is 4.79 Å². The Morgan fingerprint density at radius 2 is 1.81 bits per heavy atom. The third-order valence-electron chi connectivity index (χ3n) is 5.37. The predicted molar refractivity (Wildman–Crippen MR) is 85.8 cm³/mol. The number of rotatable bonds is 4. The van der Waals surface area contributed by atoms with Crippen molar-refractivity contribution in [2.24, 2.45) is 5.92 Å². The molecule has 1 aliphatic carbocycles. The standard InChI is InChI=1S/C17H28O3S/c18-16(13-21-15-4-2-1-3-5-15)14-6-9-20-17(12-14)7-10-19-11-8-17/h14-15H,1-13H2. The molecule has 0 bridgehead atoms. The minimum absolute atomic E-state index is 0.0493. The zero-order valence-electron chi connectivity index (χ0n) is 13.0. The lowest BCUT2D eigenvalue weighted by atomic mass is 9.79. The van der Waals surface area contributed by atoms with Crippen LogP contribution in [0.1, 0.15) is 57.8 Å². The lowest BCUT2D eigenvalue weighted by Gasteiger charge is -2.43. The first-order chi connectivity index (χ1) is 10.3. The first-order valence-corrected chi connectivity index (χ1v) is 9.68. The zero-order chi connectivity index (χ0) is 14.5. The van der Waals surface area contributed by atoms with Crippen LogP contribution in [0.2, 0.25) is 0 Å². The molecule has 2 heterocycles. The molecular weight excluding hydrogens is 284 g/mol. The molecule has 120 valence electrons. The lowest BCUT2D eigenvalue weighted by molar-refractivity contribution is -0.155. The van der Waals surface area contributed by atoms with Crippen LogP contribution in [-0.2, 0) is 14.3 Å². The highest BCUT2D eigenvalue weighted by molar-refractivity contribution is 8.00. The fraction of sp³-hybridized carbons (Fsp3) is 0.941.